The number of rotatable bonds is 4. The lowest BCUT2D eigenvalue weighted by molar-refractivity contribution is 0.316. The second-order valence-electron chi connectivity index (χ2n) is 4.38. The van der Waals surface area contributed by atoms with Crippen molar-refractivity contribution in [2.24, 2.45) is 0 Å². The van der Waals surface area contributed by atoms with Gasteiger partial charge in [-0.05, 0) is 43.8 Å². The lowest BCUT2D eigenvalue weighted by Gasteiger charge is -2.16. The van der Waals surface area contributed by atoms with E-state index in [4.69, 9.17) is 9.53 Å². The van der Waals surface area contributed by atoms with E-state index in [1.165, 1.54) is 5.56 Å². The average molecular weight is 210 g/mol. The smallest absolute Gasteiger partial charge is 0.183 e. The van der Waals surface area contributed by atoms with Gasteiger partial charge in [0.25, 0.3) is 0 Å². The third-order valence-corrected chi connectivity index (χ3v) is 2.93. The number of benzene rings is 1. The SMILES string of the molecule is C[Si](C)(C)OCCc1ccc(O)cc1. The summed E-state index contributed by atoms with van der Waals surface area (Å²) in [7, 11) is -1.37. The van der Waals surface area contributed by atoms with Gasteiger partial charge in [-0.15, -0.1) is 0 Å². The van der Waals surface area contributed by atoms with Gasteiger partial charge in [-0.1, -0.05) is 12.1 Å². The van der Waals surface area contributed by atoms with Gasteiger partial charge in [0.05, 0.1) is 0 Å². The van der Waals surface area contributed by atoms with Crippen molar-refractivity contribution in [2.75, 3.05) is 6.61 Å². The maximum Gasteiger partial charge on any atom is 0.183 e. The largest absolute Gasteiger partial charge is 0.508 e. The van der Waals surface area contributed by atoms with Gasteiger partial charge in [-0.25, -0.2) is 0 Å². The molecule has 0 fully saturated rings. The van der Waals surface area contributed by atoms with Gasteiger partial charge in [-0.2, -0.15) is 0 Å². The molecule has 0 saturated heterocycles. The third kappa shape index (κ3) is 4.44. The van der Waals surface area contributed by atoms with E-state index in [-0.39, 0.29) is 0 Å². The number of phenols is 1. The van der Waals surface area contributed by atoms with E-state index < -0.39 is 8.32 Å². The molecule has 0 saturated carbocycles. The topological polar surface area (TPSA) is 29.5 Å². The van der Waals surface area contributed by atoms with Gasteiger partial charge in [0, 0.05) is 6.61 Å². The summed E-state index contributed by atoms with van der Waals surface area (Å²) in [4.78, 5) is 0. The molecule has 0 spiro atoms. The highest BCUT2D eigenvalue weighted by Gasteiger charge is 2.13. The second-order valence-corrected chi connectivity index (χ2v) is 8.89. The Morgan fingerprint density at radius 3 is 2.21 bits per heavy atom. The summed E-state index contributed by atoms with van der Waals surface area (Å²) >= 11 is 0. The van der Waals surface area contributed by atoms with Crippen LogP contribution in [-0.4, -0.2) is 20.0 Å². The molecule has 0 heterocycles. The molecule has 1 N–H and O–H groups in total. The van der Waals surface area contributed by atoms with Crippen molar-refractivity contribution < 1.29 is 9.53 Å². The molecule has 14 heavy (non-hydrogen) atoms. The Morgan fingerprint density at radius 1 is 1.14 bits per heavy atom. The molecule has 1 aromatic rings. The van der Waals surface area contributed by atoms with Crippen LogP contribution in [0.3, 0.4) is 0 Å². The van der Waals surface area contributed by atoms with E-state index >= 15 is 0 Å². The van der Waals surface area contributed by atoms with Crippen LogP contribution in [0.15, 0.2) is 24.3 Å². The molecule has 0 unspecified atom stereocenters. The molecular weight excluding hydrogens is 192 g/mol. The number of hydrogen-bond acceptors (Lipinski definition) is 2. The molecule has 0 aliphatic carbocycles. The summed E-state index contributed by atoms with van der Waals surface area (Å²) in [6.45, 7) is 7.33. The lowest BCUT2D eigenvalue weighted by atomic mass is 10.2. The summed E-state index contributed by atoms with van der Waals surface area (Å²) in [5.41, 5.74) is 1.21. The quantitative estimate of drug-likeness (QED) is 0.774. The molecule has 1 aromatic carbocycles. The van der Waals surface area contributed by atoms with Crippen molar-refractivity contribution in [2.45, 2.75) is 26.1 Å². The Kier molecular flexibility index (Phi) is 3.72. The van der Waals surface area contributed by atoms with Crippen LogP contribution in [0.5, 0.6) is 5.75 Å². The lowest BCUT2D eigenvalue weighted by Crippen LogP contribution is -2.26. The molecule has 1 rings (SSSR count). The van der Waals surface area contributed by atoms with Gasteiger partial charge in [0.1, 0.15) is 5.75 Å². The highest BCUT2D eigenvalue weighted by Crippen LogP contribution is 2.11. The van der Waals surface area contributed by atoms with E-state index in [0.29, 0.717) is 5.75 Å². The maximum absolute atomic E-state index is 9.09. The van der Waals surface area contributed by atoms with Crippen molar-refractivity contribution >= 4 is 8.32 Å². The molecule has 0 amide bonds. The van der Waals surface area contributed by atoms with Crippen molar-refractivity contribution in [1.82, 2.24) is 0 Å². The van der Waals surface area contributed by atoms with Gasteiger partial charge in [-0.3, -0.25) is 0 Å². The fourth-order valence-electron chi connectivity index (χ4n) is 1.14. The highest BCUT2D eigenvalue weighted by atomic mass is 28.4. The highest BCUT2D eigenvalue weighted by molar-refractivity contribution is 6.69. The van der Waals surface area contributed by atoms with Crippen LogP contribution in [0.4, 0.5) is 0 Å². The normalized spacial score (nSPS) is 11.6. The monoisotopic (exact) mass is 210 g/mol. The van der Waals surface area contributed by atoms with Crippen molar-refractivity contribution in [1.29, 1.82) is 0 Å². The summed E-state index contributed by atoms with van der Waals surface area (Å²) in [6.07, 6.45) is 0.921. The fourth-order valence-corrected chi connectivity index (χ4v) is 1.85. The van der Waals surface area contributed by atoms with E-state index in [1.54, 1.807) is 12.1 Å². The van der Waals surface area contributed by atoms with E-state index in [9.17, 15) is 0 Å². The minimum Gasteiger partial charge on any atom is -0.508 e. The van der Waals surface area contributed by atoms with E-state index in [1.807, 2.05) is 12.1 Å². The Hall–Kier alpha value is -0.803. The van der Waals surface area contributed by atoms with Crippen LogP contribution in [0.2, 0.25) is 19.6 Å². The zero-order valence-electron chi connectivity index (χ0n) is 9.08. The Labute approximate surface area is 86.7 Å². The van der Waals surface area contributed by atoms with Crippen molar-refractivity contribution in [3.05, 3.63) is 29.8 Å². The molecule has 3 heteroatoms. The zero-order chi connectivity index (χ0) is 10.6. The molecule has 0 radical (unpaired) electrons. The Morgan fingerprint density at radius 2 is 1.71 bits per heavy atom. The van der Waals surface area contributed by atoms with Gasteiger partial charge < -0.3 is 9.53 Å². The predicted octanol–water partition coefficient (Wildman–Crippen LogP) is 2.79. The van der Waals surface area contributed by atoms with Crippen LogP contribution in [-0.2, 0) is 10.8 Å². The molecule has 78 valence electrons. The number of phenolic OH excluding ortho intramolecular Hbond substituents is 1. The van der Waals surface area contributed by atoms with Crippen LogP contribution >= 0.6 is 0 Å². The second kappa shape index (κ2) is 4.62. The summed E-state index contributed by atoms with van der Waals surface area (Å²) in [5.74, 6) is 0.319. The first kappa shape index (κ1) is 11.3. The van der Waals surface area contributed by atoms with Crippen LogP contribution in [0.25, 0.3) is 0 Å². The van der Waals surface area contributed by atoms with E-state index in [0.717, 1.165) is 13.0 Å². The summed E-state index contributed by atoms with van der Waals surface area (Å²) in [6, 6.07) is 7.29. The third-order valence-electron chi connectivity index (χ3n) is 1.86. The molecule has 2 nitrogen and oxygen atoms in total. The first-order valence-corrected chi connectivity index (χ1v) is 8.30. The minimum atomic E-state index is -1.37. The maximum atomic E-state index is 9.09. The zero-order valence-corrected chi connectivity index (χ0v) is 10.1. The average Bonchev–Trinajstić information content (AvgIpc) is 2.06. The number of hydrogen-bond donors (Lipinski definition) is 1. The standard InChI is InChI=1S/C11H18O2Si/c1-14(2,3)13-9-8-10-4-6-11(12)7-5-10/h4-7,12H,8-9H2,1-3H3. The van der Waals surface area contributed by atoms with Crippen molar-refractivity contribution in [3.63, 3.8) is 0 Å². The van der Waals surface area contributed by atoms with Crippen LogP contribution in [0.1, 0.15) is 5.56 Å². The molecule has 0 atom stereocenters. The van der Waals surface area contributed by atoms with Crippen molar-refractivity contribution in [3.8, 4) is 5.75 Å². The van der Waals surface area contributed by atoms with Crippen LogP contribution < -0.4 is 0 Å². The molecule has 0 aliphatic rings. The Bertz CT molecular complexity index is 274. The fraction of sp³-hybridized carbons (Fsp3) is 0.455. The molecule has 0 bridgehead atoms. The first-order valence-electron chi connectivity index (χ1n) is 4.89. The summed E-state index contributed by atoms with van der Waals surface area (Å²) in [5, 5.41) is 9.09. The Balaban J connectivity index is 2.35. The first-order chi connectivity index (χ1) is 6.47. The predicted molar refractivity (Wildman–Crippen MR) is 61.1 cm³/mol. The van der Waals surface area contributed by atoms with Gasteiger partial charge in [0.15, 0.2) is 8.32 Å². The molecular formula is C11H18O2Si. The summed E-state index contributed by atoms with van der Waals surface area (Å²) < 4.78 is 5.74. The minimum absolute atomic E-state index is 0.319. The molecule has 0 aliphatic heterocycles. The van der Waals surface area contributed by atoms with Gasteiger partial charge in [0.2, 0.25) is 0 Å². The number of aromatic hydroxyl groups is 1. The van der Waals surface area contributed by atoms with Crippen LogP contribution in [0, 0.1) is 0 Å². The van der Waals surface area contributed by atoms with Gasteiger partial charge >= 0.3 is 0 Å². The van der Waals surface area contributed by atoms with E-state index in [2.05, 4.69) is 19.6 Å². The molecule has 0 aromatic heterocycles.